The number of carbonyl (C=O) groups is 1. The molecule has 0 fully saturated rings. The molecule has 1 heterocycles. The van der Waals surface area contributed by atoms with Crippen LogP contribution in [0, 0.1) is 0 Å². The molecule has 3 aromatic rings. The quantitative estimate of drug-likeness (QED) is 0.547. The Morgan fingerprint density at radius 1 is 1.17 bits per heavy atom. The van der Waals surface area contributed by atoms with Gasteiger partial charge < -0.3 is 9.64 Å². The maximum Gasteiger partial charge on any atom is 0.343 e. The molecule has 0 radical (unpaired) electrons. The molecule has 0 bridgehead atoms. The summed E-state index contributed by atoms with van der Waals surface area (Å²) in [5, 5.41) is 7.06. The van der Waals surface area contributed by atoms with E-state index >= 15 is 0 Å². The van der Waals surface area contributed by atoms with E-state index in [-0.39, 0.29) is 17.3 Å². The third kappa shape index (κ3) is 5.51. The summed E-state index contributed by atoms with van der Waals surface area (Å²) in [7, 11) is 3.37. The number of aromatic nitrogens is 3. The van der Waals surface area contributed by atoms with Crippen molar-refractivity contribution in [2.45, 2.75) is 24.7 Å². The maximum absolute atomic E-state index is 12.6. The highest BCUT2D eigenvalue weighted by molar-refractivity contribution is 7.99. The SMILES string of the molecule is COc1ccccc1CN(C)C(=O)CSc1n[nH]c(=O)n1CCc1ccccc1. The number of rotatable bonds is 9. The van der Waals surface area contributed by atoms with Crippen molar-refractivity contribution in [3.63, 3.8) is 0 Å². The average Bonchev–Trinajstić information content (AvgIpc) is 3.10. The first-order valence-electron chi connectivity index (χ1n) is 9.26. The van der Waals surface area contributed by atoms with Crippen LogP contribution in [-0.2, 0) is 24.3 Å². The summed E-state index contributed by atoms with van der Waals surface area (Å²) in [6, 6.07) is 17.6. The first kappa shape index (κ1) is 20.7. The van der Waals surface area contributed by atoms with Crippen LogP contribution in [-0.4, -0.2) is 45.5 Å². The number of nitrogens with zero attached hydrogens (tertiary/aromatic N) is 3. The molecular formula is C21H24N4O3S. The van der Waals surface area contributed by atoms with Crippen molar-refractivity contribution in [1.82, 2.24) is 19.7 Å². The van der Waals surface area contributed by atoms with E-state index in [1.54, 1.807) is 23.6 Å². The predicted molar refractivity (Wildman–Crippen MR) is 113 cm³/mol. The zero-order chi connectivity index (χ0) is 20.6. The molecular weight excluding hydrogens is 388 g/mol. The molecule has 152 valence electrons. The van der Waals surface area contributed by atoms with Crippen molar-refractivity contribution in [3.8, 4) is 5.75 Å². The molecule has 29 heavy (non-hydrogen) atoms. The van der Waals surface area contributed by atoms with Crippen LogP contribution in [0.25, 0.3) is 0 Å². The summed E-state index contributed by atoms with van der Waals surface area (Å²) in [4.78, 5) is 26.3. The second kappa shape index (κ2) is 9.97. The number of nitrogens with one attached hydrogen (secondary N) is 1. The number of benzene rings is 2. The number of aryl methyl sites for hydroxylation is 1. The summed E-state index contributed by atoms with van der Waals surface area (Å²) in [5.74, 6) is 0.897. The van der Waals surface area contributed by atoms with Crippen molar-refractivity contribution >= 4 is 17.7 Å². The van der Waals surface area contributed by atoms with E-state index in [0.29, 0.717) is 18.2 Å². The maximum atomic E-state index is 12.6. The largest absolute Gasteiger partial charge is 0.496 e. The number of aromatic amines is 1. The Balaban J connectivity index is 1.58. The Kier molecular flexibility index (Phi) is 7.13. The van der Waals surface area contributed by atoms with E-state index in [9.17, 15) is 9.59 Å². The normalized spacial score (nSPS) is 10.7. The number of methoxy groups -OCH3 is 1. The zero-order valence-electron chi connectivity index (χ0n) is 16.5. The van der Waals surface area contributed by atoms with Gasteiger partial charge in [-0.2, -0.15) is 0 Å². The number of H-pyrrole nitrogens is 1. The number of thioether (sulfide) groups is 1. The summed E-state index contributed by atoms with van der Waals surface area (Å²) in [6.07, 6.45) is 0.718. The summed E-state index contributed by atoms with van der Waals surface area (Å²) in [5.41, 5.74) is 1.82. The van der Waals surface area contributed by atoms with E-state index in [4.69, 9.17) is 4.74 Å². The van der Waals surface area contributed by atoms with Crippen molar-refractivity contribution in [3.05, 3.63) is 76.2 Å². The van der Waals surface area contributed by atoms with Crippen LogP contribution in [0.15, 0.2) is 64.5 Å². The van der Waals surface area contributed by atoms with Crippen molar-refractivity contribution < 1.29 is 9.53 Å². The van der Waals surface area contributed by atoms with E-state index < -0.39 is 0 Å². The lowest BCUT2D eigenvalue weighted by Crippen LogP contribution is -2.28. The number of amides is 1. The molecule has 0 aliphatic rings. The van der Waals surface area contributed by atoms with Gasteiger partial charge in [0.25, 0.3) is 0 Å². The molecule has 0 atom stereocenters. The molecule has 0 spiro atoms. The van der Waals surface area contributed by atoms with Gasteiger partial charge >= 0.3 is 5.69 Å². The van der Waals surface area contributed by atoms with Crippen LogP contribution in [0.2, 0.25) is 0 Å². The molecule has 7 nitrogen and oxygen atoms in total. The lowest BCUT2D eigenvalue weighted by molar-refractivity contribution is -0.127. The van der Waals surface area contributed by atoms with E-state index in [0.717, 1.165) is 23.3 Å². The van der Waals surface area contributed by atoms with Crippen molar-refractivity contribution in [2.75, 3.05) is 19.9 Å². The number of para-hydroxylation sites is 1. The lowest BCUT2D eigenvalue weighted by Gasteiger charge is -2.18. The molecule has 8 heteroatoms. The van der Waals surface area contributed by atoms with Gasteiger partial charge in [0.2, 0.25) is 5.91 Å². The van der Waals surface area contributed by atoms with Crippen LogP contribution in [0.5, 0.6) is 5.75 Å². The van der Waals surface area contributed by atoms with Gasteiger partial charge in [0.15, 0.2) is 5.16 Å². The van der Waals surface area contributed by atoms with Gasteiger partial charge in [0.1, 0.15) is 5.75 Å². The first-order chi connectivity index (χ1) is 14.1. The minimum Gasteiger partial charge on any atom is -0.496 e. The second-order valence-electron chi connectivity index (χ2n) is 6.55. The lowest BCUT2D eigenvalue weighted by atomic mass is 10.1. The van der Waals surface area contributed by atoms with E-state index in [2.05, 4.69) is 10.2 Å². The van der Waals surface area contributed by atoms with Crippen LogP contribution < -0.4 is 10.4 Å². The van der Waals surface area contributed by atoms with Gasteiger partial charge in [-0.05, 0) is 18.1 Å². The van der Waals surface area contributed by atoms with Gasteiger partial charge in [0.05, 0.1) is 12.9 Å². The molecule has 1 amide bonds. The monoisotopic (exact) mass is 412 g/mol. The molecule has 2 aromatic carbocycles. The first-order valence-corrected chi connectivity index (χ1v) is 10.2. The Bertz CT molecular complexity index is 1000. The van der Waals surface area contributed by atoms with Gasteiger partial charge in [0, 0.05) is 25.7 Å². The fourth-order valence-corrected chi connectivity index (χ4v) is 3.82. The van der Waals surface area contributed by atoms with Crippen molar-refractivity contribution in [2.24, 2.45) is 0 Å². The smallest absolute Gasteiger partial charge is 0.343 e. The standard InChI is InChI=1S/C21H24N4O3S/c1-24(14-17-10-6-7-11-18(17)28-2)19(26)15-29-21-23-22-20(27)25(21)13-12-16-8-4-3-5-9-16/h3-11H,12-15H2,1-2H3,(H,22,27). The fraction of sp³-hybridized carbons (Fsp3) is 0.286. The zero-order valence-corrected chi connectivity index (χ0v) is 17.3. The Labute approximate surface area is 173 Å². The highest BCUT2D eigenvalue weighted by Crippen LogP contribution is 2.20. The molecule has 1 N–H and O–H groups in total. The molecule has 1 aromatic heterocycles. The number of hydrogen-bond acceptors (Lipinski definition) is 5. The van der Waals surface area contributed by atoms with Crippen molar-refractivity contribution in [1.29, 1.82) is 0 Å². The number of carbonyl (C=O) groups excluding carboxylic acids is 1. The molecule has 0 unspecified atom stereocenters. The van der Waals surface area contributed by atoms with Gasteiger partial charge in [-0.1, -0.05) is 60.3 Å². The van der Waals surface area contributed by atoms with Gasteiger partial charge in [-0.15, -0.1) is 5.10 Å². The molecule has 0 aliphatic heterocycles. The minimum atomic E-state index is -0.266. The van der Waals surface area contributed by atoms with Crippen LogP contribution >= 0.6 is 11.8 Å². The Hall–Kier alpha value is -3.00. The third-order valence-corrected chi connectivity index (χ3v) is 5.50. The molecule has 0 saturated heterocycles. The number of ether oxygens (including phenoxy) is 1. The highest BCUT2D eigenvalue weighted by atomic mass is 32.2. The fourth-order valence-electron chi connectivity index (χ4n) is 2.91. The summed E-state index contributed by atoms with van der Waals surface area (Å²) < 4.78 is 6.92. The topological polar surface area (TPSA) is 80.2 Å². The van der Waals surface area contributed by atoms with E-state index in [1.165, 1.54) is 11.8 Å². The number of hydrogen-bond donors (Lipinski definition) is 1. The average molecular weight is 413 g/mol. The molecule has 0 saturated carbocycles. The predicted octanol–water partition coefficient (Wildman–Crippen LogP) is 2.57. The minimum absolute atomic E-state index is 0.0500. The van der Waals surface area contributed by atoms with E-state index in [1.807, 2.05) is 54.6 Å². The summed E-state index contributed by atoms with van der Waals surface area (Å²) in [6.45, 7) is 0.956. The second-order valence-corrected chi connectivity index (χ2v) is 7.49. The summed E-state index contributed by atoms with van der Waals surface area (Å²) >= 11 is 1.26. The van der Waals surface area contributed by atoms with Crippen LogP contribution in [0.4, 0.5) is 0 Å². The highest BCUT2D eigenvalue weighted by Gasteiger charge is 2.15. The molecule has 3 rings (SSSR count). The van der Waals surface area contributed by atoms with Crippen LogP contribution in [0.1, 0.15) is 11.1 Å². The van der Waals surface area contributed by atoms with Gasteiger partial charge in [-0.3, -0.25) is 9.36 Å². The Morgan fingerprint density at radius 2 is 1.90 bits per heavy atom. The van der Waals surface area contributed by atoms with Crippen LogP contribution in [0.3, 0.4) is 0 Å². The Morgan fingerprint density at radius 3 is 2.66 bits per heavy atom. The third-order valence-electron chi connectivity index (χ3n) is 4.54. The van der Waals surface area contributed by atoms with Gasteiger partial charge in [-0.25, -0.2) is 9.89 Å². The molecule has 0 aliphatic carbocycles.